The third kappa shape index (κ3) is 4.01. The van der Waals surface area contributed by atoms with Gasteiger partial charge in [0, 0.05) is 23.9 Å². The van der Waals surface area contributed by atoms with Crippen LogP contribution in [-0.2, 0) is 0 Å². The van der Waals surface area contributed by atoms with Crippen molar-refractivity contribution >= 4 is 17.6 Å². The highest BCUT2D eigenvalue weighted by molar-refractivity contribution is 5.85. The van der Waals surface area contributed by atoms with Crippen molar-refractivity contribution in [2.75, 3.05) is 6.61 Å². The first-order chi connectivity index (χ1) is 10.2. The predicted octanol–water partition coefficient (Wildman–Crippen LogP) is 3.91. The van der Waals surface area contributed by atoms with E-state index >= 15 is 0 Å². The summed E-state index contributed by atoms with van der Waals surface area (Å²) < 4.78 is 5.52. The smallest absolute Gasteiger partial charge is 0.271 e. The molecule has 0 N–H and O–H groups in total. The van der Waals surface area contributed by atoms with Crippen LogP contribution in [0.4, 0.5) is 11.4 Å². The number of nitro benzene ring substituents is 1. The number of rotatable bonds is 6. The van der Waals surface area contributed by atoms with Crippen LogP contribution in [0.15, 0.2) is 66.2 Å². The maximum atomic E-state index is 10.7. The molecule has 0 radical (unpaired) electrons. The van der Waals surface area contributed by atoms with Gasteiger partial charge in [0.1, 0.15) is 12.4 Å². The van der Waals surface area contributed by atoms with Crippen LogP contribution in [-0.4, -0.2) is 17.7 Å². The minimum absolute atomic E-state index is 0.0147. The lowest BCUT2D eigenvalue weighted by atomic mass is 10.2. The molecule has 0 heterocycles. The van der Waals surface area contributed by atoms with Crippen LogP contribution in [0, 0.1) is 10.1 Å². The van der Waals surface area contributed by atoms with Gasteiger partial charge in [0.05, 0.1) is 10.6 Å². The number of nitrogens with zero attached hydrogens (tertiary/aromatic N) is 2. The number of benzene rings is 2. The van der Waals surface area contributed by atoms with Crippen LogP contribution >= 0.6 is 0 Å². The molecule has 2 aromatic carbocycles. The molecule has 0 saturated heterocycles. The Kier molecular flexibility index (Phi) is 4.82. The van der Waals surface area contributed by atoms with Gasteiger partial charge in [-0.05, 0) is 18.2 Å². The molecule has 0 atom stereocenters. The van der Waals surface area contributed by atoms with Crippen molar-refractivity contribution in [3.8, 4) is 5.75 Å². The molecule has 0 aliphatic heterocycles. The molecule has 0 saturated carbocycles. The Hall–Kier alpha value is -2.95. The summed E-state index contributed by atoms with van der Waals surface area (Å²) in [6.07, 6.45) is 3.28. The van der Waals surface area contributed by atoms with Crippen LogP contribution in [0.2, 0.25) is 0 Å². The van der Waals surface area contributed by atoms with E-state index in [0.29, 0.717) is 18.0 Å². The molecule has 0 aliphatic rings. The van der Waals surface area contributed by atoms with Crippen molar-refractivity contribution in [3.05, 3.63) is 76.9 Å². The molecule has 2 aromatic rings. The molecule has 0 bridgehead atoms. The van der Waals surface area contributed by atoms with Gasteiger partial charge in [-0.2, -0.15) is 0 Å². The van der Waals surface area contributed by atoms with Crippen LogP contribution in [0.5, 0.6) is 5.75 Å². The SMILES string of the molecule is C=CCOc1ccccc1C=Nc1cccc([N+](=O)[O-])c1. The van der Waals surface area contributed by atoms with Crippen molar-refractivity contribution in [3.63, 3.8) is 0 Å². The van der Waals surface area contributed by atoms with E-state index in [-0.39, 0.29) is 5.69 Å². The van der Waals surface area contributed by atoms with Gasteiger partial charge in [0.25, 0.3) is 5.69 Å². The summed E-state index contributed by atoms with van der Waals surface area (Å²) in [5, 5.41) is 10.7. The Morgan fingerprint density at radius 3 is 2.81 bits per heavy atom. The third-order valence-corrected chi connectivity index (χ3v) is 2.67. The number of aliphatic imine (C=N–C) groups is 1. The van der Waals surface area contributed by atoms with E-state index in [9.17, 15) is 10.1 Å². The van der Waals surface area contributed by atoms with Crippen molar-refractivity contribution in [1.82, 2.24) is 0 Å². The molecule has 0 fully saturated rings. The first-order valence-corrected chi connectivity index (χ1v) is 6.32. The third-order valence-electron chi connectivity index (χ3n) is 2.67. The lowest BCUT2D eigenvalue weighted by Gasteiger charge is -2.06. The molecule has 106 valence electrons. The molecule has 0 amide bonds. The molecule has 5 nitrogen and oxygen atoms in total. The summed E-state index contributed by atoms with van der Waals surface area (Å²) in [4.78, 5) is 14.5. The van der Waals surface area contributed by atoms with Crippen molar-refractivity contribution in [2.45, 2.75) is 0 Å². The monoisotopic (exact) mass is 282 g/mol. The maximum absolute atomic E-state index is 10.7. The molecule has 21 heavy (non-hydrogen) atoms. The molecular formula is C16H14N2O3. The van der Waals surface area contributed by atoms with E-state index < -0.39 is 4.92 Å². The molecule has 5 heteroatoms. The molecule has 0 unspecified atom stereocenters. The second-order valence-electron chi connectivity index (χ2n) is 4.17. The fourth-order valence-electron chi connectivity index (χ4n) is 1.70. The molecular weight excluding hydrogens is 268 g/mol. The topological polar surface area (TPSA) is 64.7 Å². The van der Waals surface area contributed by atoms with E-state index in [1.54, 1.807) is 24.4 Å². The van der Waals surface area contributed by atoms with Gasteiger partial charge in [0.15, 0.2) is 0 Å². The number of ether oxygens (including phenoxy) is 1. The minimum Gasteiger partial charge on any atom is -0.489 e. The maximum Gasteiger partial charge on any atom is 0.271 e. The van der Waals surface area contributed by atoms with Crippen molar-refractivity contribution in [1.29, 1.82) is 0 Å². The summed E-state index contributed by atoms with van der Waals surface area (Å²) >= 11 is 0. The van der Waals surface area contributed by atoms with Gasteiger partial charge in [0.2, 0.25) is 0 Å². The Labute approximate surface area is 122 Å². The average molecular weight is 282 g/mol. The summed E-state index contributed by atoms with van der Waals surface area (Å²) in [6.45, 7) is 4.01. The first kappa shape index (κ1) is 14.5. The Morgan fingerprint density at radius 2 is 2.05 bits per heavy atom. The van der Waals surface area contributed by atoms with Gasteiger partial charge >= 0.3 is 0 Å². The van der Waals surface area contributed by atoms with Gasteiger partial charge < -0.3 is 4.74 Å². The van der Waals surface area contributed by atoms with Crippen molar-refractivity contribution < 1.29 is 9.66 Å². The lowest BCUT2D eigenvalue weighted by molar-refractivity contribution is -0.384. The number of hydrogen-bond acceptors (Lipinski definition) is 4. The predicted molar refractivity (Wildman–Crippen MR) is 82.5 cm³/mol. The van der Waals surface area contributed by atoms with E-state index in [1.165, 1.54) is 12.1 Å². The molecule has 0 aromatic heterocycles. The highest BCUT2D eigenvalue weighted by atomic mass is 16.6. The zero-order valence-corrected chi connectivity index (χ0v) is 11.3. The summed E-state index contributed by atoms with van der Waals surface area (Å²) in [5.41, 5.74) is 1.33. The standard InChI is InChI=1S/C16H14N2O3/c1-2-10-21-16-9-4-3-6-13(16)12-17-14-7-5-8-15(11-14)18(19)20/h2-9,11-12H,1,10H2. The highest BCUT2D eigenvalue weighted by Gasteiger charge is 2.05. The Balaban J connectivity index is 2.23. The number of hydrogen-bond donors (Lipinski definition) is 0. The van der Waals surface area contributed by atoms with Gasteiger partial charge in [-0.3, -0.25) is 15.1 Å². The second-order valence-corrected chi connectivity index (χ2v) is 4.17. The Morgan fingerprint density at radius 1 is 1.24 bits per heavy atom. The number of nitro groups is 1. The minimum atomic E-state index is -0.444. The van der Waals surface area contributed by atoms with E-state index in [2.05, 4.69) is 11.6 Å². The van der Waals surface area contributed by atoms with Crippen LogP contribution in [0.25, 0.3) is 0 Å². The second kappa shape index (κ2) is 7.00. The van der Waals surface area contributed by atoms with Gasteiger partial charge in [-0.15, -0.1) is 0 Å². The van der Waals surface area contributed by atoms with Gasteiger partial charge in [-0.1, -0.05) is 30.9 Å². The molecule has 0 spiro atoms. The van der Waals surface area contributed by atoms with Gasteiger partial charge in [-0.25, -0.2) is 0 Å². The zero-order valence-electron chi connectivity index (χ0n) is 11.3. The Bertz CT molecular complexity index is 681. The normalized spacial score (nSPS) is 10.5. The van der Waals surface area contributed by atoms with Crippen LogP contribution < -0.4 is 4.74 Å². The highest BCUT2D eigenvalue weighted by Crippen LogP contribution is 2.21. The fraction of sp³-hybridized carbons (Fsp3) is 0.0625. The number of non-ortho nitro benzene ring substituents is 1. The summed E-state index contributed by atoms with van der Waals surface area (Å²) in [7, 11) is 0. The first-order valence-electron chi connectivity index (χ1n) is 6.32. The van der Waals surface area contributed by atoms with Crippen LogP contribution in [0.3, 0.4) is 0 Å². The molecule has 0 aliphatic carbocycles. The summed E-state index contributed by atoms with van der Waals surface area (Å²) in [6, 6.07) is 13.6. The largest absolute Gasteiger partial charge is 0.489 e. The van der Waals surface area contributed by atoms with E-state index in [0.717, 1.165) is 5.56 Å². The molecule has 2 rings (SSSR count). The van der Waals surface area contributed by atoms with E-state index in [1.807, 2.05) is 24.3 Å². The quantitative estimate of drug-likeness (QED) is 0.349. The van der Waals surface area contributed by atoms with Crippen molar-refractivity contribution in [2.24, 2.45) is 4.99 Å². The van der Waals surface area contributed by atoms with Crippen LogP contribution in [0.1, 0.15) is 5.56 Å². The lowest BCUT2D eigenvalue weighted by Crippen LogP contribution is -1.96. The zero-order chi connectivity index (χ0) is 15.1. The van der Waals surface area contributed by atoms with E-state index in [4.69, 9.17) is 4.74 Å². The average Bonchev–Trinajstić information content (AvgIpc) is 2.52. The fourth-order valence-corrected chi connectivity index (χ4v) is 1.70. The summed E-state index contributed by atoms with van der Waals surface area (Å²) in [5.74, 6) is 0.687. The number of para-hydroxylation sites is 1.